The van der Waals surface area contributed by atoms with Gasteiger partial charge in [-0.15, -0.1) is 0 Å². The van der Waals surface area contributed by atoms with Crippen LogP contribution in [-0.4, -0.2) is 14.1 Å². The van der Waals surface area contributed by atoms with Gasteiger partial charge in [0.2, 0.25) is 0 Å². The Bertz CT molecular complexity index is 2000. The van der Waals surface area contributed by atoms with Crippen molar-refractivity contribution in [2.75, 3.05) is 0 Å². The summed E-state index contributed by atoms with van der Waals surface area (Å²) >= 11 is 0. The van der Waals surface area contributed by atoms with Gasteiger partial charge in [0.1, 0.15) is 5.82 Å². The van der Waals surface area contributed by atoms with E-state index in [1.165, 1.54) is 27.1 Å². The van der Waals surface area contributed by atoms with Crippen LogP contribution in [0.3, 0.4) is 0 Å². The molecule has 0 saturated carbocycles. The second kappa shape index (κ2) is 8.35. The van der Waals surface area contributed by atoms with Crippen LogP contribution in [0, 0.1) is 0 Å². The van der Waals surface area contributed by atoms with Crippen LogP contribution in [0.25, 0.3) is 67.1 Å². The fourth-order valence-corrected chi connectivity index (χ4v) is 5.55. The Kier molecular flexibility index (Phi) is 4.83. The van der Waals surface area contributed by atoms with Crippen molar-refractivity contribution < 1.29 is 0 Å². The van der Waals surface area contributed by atoms with Gasteiger partial charge in [0.05, 0.1) is 22.2 Å². The van der Waals surface area contributed by atoms with Gasteiger partial charge in [-0.3, -0.25) is 4.57 Å². The molecule has 0 bridgehead atoms. The van der Waals surface area contributed by atoms with Crippen LogP contribution in [0.2, 0.25) is 0 Å². The maximum Gasteiger partial charge on any atom is 0.138 e. The lowest BCUT2D eigenvalue weighted by atomic mass is 10.0. The first-order valence-corrected chi connectivity index (χ1v) is 12.6. The number of rotatable bonds is 4. The summed E-state index contributed by atoms with van der Waals surface area (Å²) in [5.74, 6) is 0.903. The van der Waals surface area contributed by atoms with Gasteiger partial charge in [0.25, 0.3) is 0 Å². The highest BCUT2D eigenvalue weighted by Gasteiger charge is 2.18. The lowest BCUT2D eigenvalue weighted by Crippen LogP contribution is -2.00. The quantitative estimate of drug-likeness (QED) is 0.249. The minimum Gasteiger partial charge on any atom is -0.317 e. The SMILES string of the molecule is C=Cc1c(/C=C\C)n(-c2ccc3ccccc3n2)c2cc3ccc4c(ccn4-c4ccccc4)c3cc12. The molecule has 0 unspecified atom stereocenters. The van der Waals surface area contributed by atoms with Gasteiger partial charge in [-0.1, -0.05) is 61.2 Å². The van der Waals surface area contributed by atoms with Crippen LogP contribution >= 0.6 is 0 Å². The van der Waals surface area contributed by atoms with Gasteiger partial charge < -0.3 is 4.57 Å². The summed E-state index contributed by atoms with van der Waals surface area (Å²) in [6.07, 6.45) is 8.36. The molecule has 0 atom stereocenters. The molecule has 7 aromatic rings. The molecule has 0 aliphatic rings. The predicted octanol–water partition coefficient (Wildman–Crippen LogP) is 8.95. The summed E-state index contributed by atoms with van der Waals surface area (Å²) in [4.78, 5) is 5.04. The molecule has 0 N–H and O–H groups in total. The van der Waals surface area contributed by atoms with Crippen molar-refractivity contribution in [1.82, 2.24) is 14.1 Å². The number of benzene rings is 4. The van der Waals surface area contributed by atoms with E-state index in [0.29, 0.717) is 0 Å². The Balaban J connectivity index is 1.55. The van der Waals surface area contributed by atoms with Crippen LogP contribution < -0.4 is 0 Å². The second-order valence-electron chi connectivity index (χ2n) is 9.31. The highest BCUT2D eigenvalue weighted by Crippen LogP contribution is 2.37. The topological polar surface area (TPSA) is 22.8 Å². The van der Waals surface area contributed by atoms with Gasteiger partial charge in [0.15, 0.2) is 0 Å². The third-order valence-corrected chi connectivity index (χ3v) is 7.23. The third-order valence-electron chi connectivity index (χ3n) is 7.23. The van der Waals surface area contributed by atoms with E-state index in [9.17, 15) is 0 Å². The van der Waals surface area contributed by atoms with Crippen molar-refractivity contribution >= 4 is 55.6 Å². The van der Waals surface area contributed by atoms with Crippen LogP contribution in [0.5, 0.6) is 0 Å². The Morgan fingerprint density at radius 2 is 1.54 bits per heavy atom. The zero-order valence-electron chi connectivity index (χ0n) is 20.6. The van der Waals surface area contributed by atoms with E-state index in [2.05, 4.69) is 126 Å². The van der Waals surface area contributed by atoms with E-state index in [-0.39, 0.29) is 0 Å². The maximum absolute atomic E-state index is 5.04. The van der Waals surface area contributed by atoms with E-state index in [4.69, 9.17) is 4.98 Å². The van der Waals surface area contributed by atoms with Gasteiger partial charge in [0, 0.05) is 33.6 Å². The number of pyridine rings is 1. The highest BCUT2D eigenvalue weighted by molar-refractivity contribution is 6.13. The first-order chi connectivity index (χ1) is 18.3. The molecule has 0 saturated heterocycles. The smallest absolute Gasteiger partial charge is 0.138 e. The van der Waals surface area contributed by atoms with Gasteiger partial charge in [-0.25, -0.2) is 4.98 Å². The number of aromatic nitrogens is 3. The molecule has 7 rings (SSSR count). The van der Waals surface area contributed by atoms with Gasteiger partial charge in [-0.2, -0.15) is 0 Å². The monoisotopic (exact) mass is 475 g/mol. The number of hydrogen-bond donors (Lipinski definition) is 0. The van der Waals surface area contributed by atoms with Crippen molar-refractivity contribution in [3.05, 3.63) is 127 Å². The average Bonchev–Trinajstić information content (AvgIpc) is 3.51. The molecule has 0 spiro atoms. The van der Waals surface area contributed by atoms with Crippen LogP contribution in [0.15, 0.2) is 116 Å². The Labute approximate surface area is 215 Å². The molecule has 3 nitrogen and oxygen atoms in total. The van der Waals surface area contributed by atoms with E-state index in [1.807, 2.05) is 18.2 Å². The first kappa shape index (κ1) is 21.4. The molecular formula is C34H25N3. The Morgan fingerprint density at radius 3 is 2.38 bits per heavy atom. The van der Waals surface area contributed by atoms with Crippen molar-refractivity contribution in [2.45, 2.75) is 6.92 Å². The minimum absolute atomic E-state index is 0.903. The van der Waals surface area contributed by atoms with Crippen molar-refractivity contribution in [1.29, 1.82) is 0 Å². The van der Waals surface area contributed by atoms with E-state index < -0.39 is 0 Å². The fourth-order valence-electron chi connectivity index (χ4n) is 5.55. The molecule has 3 heteroatoms. The lowest BCUT2D eigenvalue weighted by molar-refractivity contribution is 1.05. The fraction of sp³-hybridized carbons (Fsp3) is 0.0294. The van der Waals surface area contributed by atoms with E-state index >= 15 is 0 Å². The maximum atomic E-state index is 5.04. The molecule has 0 aliphatic heterocycles. The van der Waals surface area contributed by atoms with Gasteiger partial charge >= 0.3 is 0 Å². The average molecular weight is 476 g/mol. The van der Waals surface area contributed by atoms with Gasteiger partial charge in [-0.05, 0) is 78.4 Å². The molecule has 3 heterocycles. The molecule has 176 valence electrons. The Morgan fingerprint density at radius 1 is 0.730 bits per heavy atom. The lowest BCUT2D eigenvalue weighted by Gasteiger charge is -2.10. The molecule has 0 aliphatic carbocycles. The van der Waals surface area contributed by atoms with Crippen LogP contribution in [0.4, 0.5) is 0 Å². The molecule has 0 amide bonds. The first-order valence-electron chi connectivity index (χ1n) is 12.6. The molecular weight excluding hydrogens is 450 g/mol. The molecule has 37 heavy (non-hydrogen) atoms. The number of nitrogens with zero attached hydrogens (tertiary/aromatic N) is 3. The second-order valence-corrected chi connectivity index (χ2v) is 9.31. The zero-order chi connectivity index (χ0) is 24.9. The summed E-state index contributed by atoms with van der Waals surface area (Å²) in [5, 5.41) is 5.98. The zero-order valence-corrected chi connectivity index (χ0v) is 20.6. The largest absolute Gasteiger partial charge is 0.317 e. The number of para-hydroxylation sites is 2. The highest BCUT2D eigenvalue weighted by atomic mass is 15.1. The summed E-state index contributed by atoms with van der Waals surface area (Å²) < 4.78 is 4.51. The summed E-state index contributed by atoms with van der Waals surface area (Å²) in [6, 6.07) is 34.3. The Hall–Kier alpha value is -4.89. The van der Waals surface area contributed by atoms with E-state index in [1.54, 1.807) is 0 Å². The summed E-state index contributed by atoms with van der Waals surface area (Å²) in [6.45, 7) is 6.25. The minimum atomic E-state index is 0.903. The van der Waals surface area contributed by atoms with Crippen molar-refractivity contribution in [3.63, 3.8) is 0 Å². The molecule has 4 aromatic carbocycles. The number of hydrogen-bond acceptors (Lipinski definition) is 1. The summed E-state index contributed by atoms with van der Waals surface area (Å²) in [5.41, 5.74) is 6.67. The molecule has 0 fully saturated rings. The van der Waals surface area contributed by atoms with E-state index in [0.717, 1.165) is 39.2 Å². The number of fused-ring (bicyclic) bond motifs is 5. The van der Waals surface area contributed by atoms with Crippen LogP contribution in [0.1, 0.15) is 18.2 Å². The number of allylic oxidation sites excluding steroid dienone is 1. The molecule has 3 aromatic heterocycles. The normalized spacial score (nSPS) is 11.9. The van der Waals surface area contributed by atoms with Crippen molar-refractivity contribution in [3.8, 4) is 11.5 Å². The molecule has 0 radical (unpaired) electrons. The van der Waals surface area contributed by atoms with Crippen molar-refractivity contribution in [2.24, 2.45) is 0 Å². The summed E-state index contributed by atoms with van der Waals surface area (Å²) in [7, 11) is 0. The standard InChI is InChI=1S/C34H25N3/c1-3-10-32-26(4-2)29-22-28-24(15-17-31-27(28)19-20-36(31)25-12-6-5-7-13-25)21-33(29)37(32)34-18-16-23-11-8-9-14-30(23)35-34/h3-22H,2H2,1H3/b10-3-. The predicted molar refractivity (Wildman–Crippen MR) is 158 cm³/mol. The third kappa shape index (κ3) is 3.25. The van der Waals surface area contributed by atoms with Crippen LogP contribution in [-0.2, 0) is 0 Å².